The maximum atomic E-state index is 10.1. The Morgan fingerprint density at radius 3 is 2.73 bits per heavy atom. The molecule has 1 aromatic heterocycles. The van der Waals surface area contributed by atoms with E-state index in [1.165, 1.54) is 0 Å². The molecule has 2 rings (SSSR count). The van der Waals surface area contributed by atoms with E-state index in [1.54, 1.807) is 17.4 Å². The molecule has 1 aromatic carbocycles. The fraction of sp³-hybridized carbons (Fsp3) is 0.167. The summed E-state index contributed by atoms with van der Waals surface area (Å²) in [7, 11) is 0. The standard InChI is InChI=1S/C12H11ClOS/c1-8-6-10(13)2-3-11(8)12(14)9-4-5-15-7-9/h2-7,12,14H,1H3/t12-/m0/s1. The van der Waals surface area contributed by atoms with Gasteiger partial charge in [0, 0.05) is 5.02 Å². The van der Waals surface area contributed by atoms with E-state index < -0.39 is 6.10 Å². The molecular weight excluding hydrogens is 228 g/mol. The van der Waals surface area contributed by atoms with Crippen LogP contribution in [0.5, 0.6) is 0 Å². The molecule has 1 atom stereocenters. The van der Waals surface area contributed by atoms with E-state index in [2.05, 4.69) is 0 Å². The smallest absolute Gasteiger partial charge is 0.105 e. The van der Waals surface area contributed by atoms with Crippen LogP contribution >= 0.6 is 22.9 Å². The molecule has 0 aliphatic carbocycles. The molecule has 0 saturated carbocycles. The maximum absolute atomic E-state index is 10.1. The normalized spacial score (nSPS) is 12.7. The molecule has 0 saturated heterocycles. The molecule has 1 heterocycles. The summed E-state index contributed by atoms with van der Waals surface area (Å²) in [6.07, 6.45) is -0.548. The molecule has 15 heavy (non-hydrogen) atoms. The van der Waals surface area contributed by atoms with Crippen LogP contribution in [0.1, 0.15) is 22.8 Å². The topological polar surface area (TPSA) is 20.2 Å². The molecule has 0 aliphatic rings. The Morgan fingerprint density at radius 1 is 1.33 bits per heavy atom. The highest BCUT2D eigenvalue weighted by molar-refractivity contribution is 7.07. The van der Waals surface area contributed by atoms with Crippen molar-refractivity contribution in [2.24, 2.45) is 0 Å². The predicted octanol–water partition coefficient (Wildman–Crippen LogP) is 3.79. The molecule has 0 fully saturated rings. The monoisotopic (exact) mass is 238 g/mol. The average molecular weight is 239 g/mol. The van der Waals surface area contributed by atoms with Crippen LogP contribution in [0.15, 0.2) is 35.0 Å². The number of benzene rings is 1. The van der Waals surface area contributed by atoms with Gasteiger partial charge in [0.05, 0.1) is 0 Å². The van der Waals surface area contributed by atoms with Gasteiger partial charge in [0.2, 0.25) is 0 Å². The van der Waals surface area contributed by atoms with Gasteiger partial charge in [-0.1, -0.05) is 17.7 Å². The lowest BCUT2D eigenvalue weighted by Gasteiger charge is -2.12. The number of aryl methyl sites for hydroxylation is 1. The van der Waals surface area contributed by atoms with E-state index in [9.17, 15) is 5.11 Å². The van der Waals surface area contributed by atoms with Crippen molar-refractivity contribution in [1.82, 2.24) is 0 Å². The minimum atomic E-state index is -0.548. The second kappa shape index (κ2) is 4.35. The van der Waals surface area contributed by atoms with E-state index in [1.807, 2.05) is 35.9 Å². The van der Waals surface area contributed by atoms with Gasteiger partial charge in [-0.2, -0.15) is 11.3 Å². The van der Waals surface area contributed by atoms with Crippen molar-refractivity contribution in [2.45, 2.75) is 13.0 Å². The molecule has 1 nitrogen and oxygen atoms in total. The van der Waals surface area contributed by atoms with Crippen molar-refractivity contribution in [1.29, 1.82) is 0 Å². The molecule has 0 aliphatic heterocycles. The molecule has 0 bridgehead atoms. The minimum Gasteiger partial charge on any atom is -0.384 e. The number of hydrogen-bond donors (Lipinski definition) is 1. The lowest BCUT2D eigenvalue weighted by molar-refractivity contribution is 0.220. The zero-order valence-electron chi connectivity index (χ0n) is 8.27. The van der Waals surface area contributed by atoms with Crippen LogP contribution < -0.4 is 0 Å². The van der Waals surface area contributed by atoms with Crippen molar-refractivity contribution in [3.8, 4) is 0 Å². The fourth-order valence-corrected chi connectivity index (χ4v) is 2.46. The Balaban J connectivity index is 2.38. The Labute approximate surface area is 98.0 Å². The number of rotatable bonds is 2. The SMILES string of the molecule is Cc1cc(Cl)ccc1[C@@H](O)c1ccsc1. The maximum Gasteiger partial charge on any atom is 0.105 e. The van der Waals surface area contributed by atoms with Crippen LogP contribution in [0, 0.1) is 6.92 Å². The molecular formula is C12H11ClOS. The zero-order valence-corrected chi connectivity index (χ0v) is 9.85. The molecule has 0 spiro atoms. The quantitative estimate of drug-likeness (QED) is 0.844. The third-order valence-corrected chi connectivity index (χ3v) is 3.32. The van der Waals surface area contributed by atoms with Gasteiger partial charge in [0.15, 0.2) is 0 Å². The predicted molar refractivity (Wildman–Crippen MR) is 64.6 cm³/mol. The van der Waals surface area contributed by atoms with Crippen LogP contribution in [-0.2, 0) is 0 Å². The summed E-state index contributed by atoms with van der Waals surface area (Å²) in [6.45, 7) is 1.96. The van der Waals surface area contributed by atoms with Gasteiger partial charge in [-0.15, -0.1) is 0 Å². The fourth-order valence-electron chi connectivity index (χ4n) is 1.56. The lowest BCUT2D eigenvalue weighted by atomic mass is 10.00. The number of thiophene rings is 1. The summed E-state index contributed by atoms with van der Waals surface area (Å²) in [5.41, 5.74) is 2.87. The zero-order chi connectivity index (χ0) is 10.8. The first-order valence-corrected chi connectivity index (χ1v) is 5.97. The highest BCUT2D eigenvalue weighted by Gasteiger charge is 2.12. The molecule has 1 N–H and O–H groups in total. The second-order valence-corrected chi connectivity index (χ2v) is 4.68. The van der Waals surface area contributed by atoms with Crippen molar-refractivity contribution < 1.29 is 5.11 Å². The number of hydrogen-bond acceptors (Lipinski definition) is 2. The Kier molecular flexibility index (Phi) is 3.10. The van der Waals surface area contributed by atoms with Gasteiger partial charge in [-0.3, -0.25) is 0 Å². The largest absolute Gasteiger partial charge is 0.384 e. The Bertz CT molecular complexity index is 451. The van der Waals surface area contributed by atoms with Crippen molar-refractivity contribution in [3.63, 3.8) is 0 Å². The van der Waals surface area contributed by atoms with Crippen LogP contribution in [0.2, 0.25) is 5.02 Å². The van der Waals surface area contributed by atoms with Gasteiger partial charge in [-0.25, -0.2) is 0 Å². The van der Waals surface area contributed by atoms with Crippen molar-refractivity contribution in [3.05, 3.63) is 56.7 Å². The summed E-state index contributed by atoms with van der Waals surface area (Å²) < 4.78 is 0. The average Bonchev–Trinajstić information content (AvgIpc) is 2.69. The first kappa shape index (κ1) is 10.7. The molecule has 0 radical (unpaired) electrons. The first-order chi connectivity index (χ1) is 7.18. The summed E-state index contributed by atoms with van der Waals surface area (Å²) in [5, 5.41) is 14.7. The van der Waals surface area contributed by atoms with Crippen LogP contribution in [0.3, 0.4) is 0 Å². The summed E-state index contributed by atoms with van der Waals surface area (Å²) in [6, 6.07) is 7.48. The third kappa shape index (κ3) is 2.23. The Morgan fingerprint density at radius 2 is 2.13 bits per heavy atom. The summed E-state index contributed by atoms with van der Waals surface area (Å²) >= 11 is 7.45. The molecule has 3 heteroatoms. The number of aliphatic hydroxyl groups is 1. The second-order valence-electron chi connectivity index (χ2n) is 3.46. The lowest BCUT2D eigenvalue weighted by Crippen LogP contribution is -2.00. The van der Waals surface area contributed by atoms with Gasteiger partial charge in [-0.05, 0) is 52.6 Å². The van der Waals surface area contributed by atoms with Gasteiger partial charge >= 0.3 is 0 Å². The Hall–Kier alpha value is -0.830. The van der Waals surface area contributed by atoms with Crippen LogP contribution in [-0.4, -0.2) is 5.11 Å². The van der Waals surface area contributed by atoms with Crippen molar-refractivity contribution in [2.75, 3.05) is 0 Å². The molecule has 0 unspecified atom stereocenters. The molecule has 0 amide bonds. The van der Waals surface area contributed by atoms with Crippen molar-refractivity contribution >= 4 is 22.9 Å². The van der Waals surface area contributed by atoms with Gasteiger partial charge < -0.3 is 5.11 Å². The van der Waals surface area contributed by atoms with Gasteiger partial charge in [0.25, 0.3) is 0 Å². The molecule has 2 aromatic rings. The number of halogens is 1. The van der Waals surface area contributed by atoms with E-state index >= 15 is 0 Å². The van der Waals surface area contributed by atoms with E-state index in [-0.39, 0.29) is 0 Å². The minimum absolute atomic E-state index is 0.548. The van der Waals surface area contributed by atoms with Crippen LogP contribution in [0.25, 0.3) is 0 Å². The summed E-state index contributed by atoms with van der Waals surface area (Å²) in [4.78, 5) is 0. The van der Waals surface area contributed by atoms with E-state index in [0.29, 0.717) is 5.02 Å². The first-order valence-electron chi connectivity index (χ1n) is 4.64. The van der Waals surface area contributed by atoms with E-state index in [0.717, 1.165) is 16.7 Å². The third-order valence-electron chi connectivity index (χ3n) is 2.39. The van der Waals surface area contributed by atoms with Crippen LogP contribution in [0.4, 0.5) is 0 Å². The molecule has 78 valence electrons. The number of aliphatic hydroxyl groups excluding tert-OH is 1. The highest BCUT2D eigenvalue weighted by Crippen LogP contribution is 2.27. The summed E-state index contributed by atoms with van der Waals surface area (Å²) in [5.74, 6) is 0. The van der Waals surface area contributed by atoms with E-state index in [4.69, 9.17) is 11.6 Å². The highest BCUT2D eigenvalue weighted by atomic mass is 35.5. The van der Waals surface area contributed by atoms with Gasteiger partial charge in [0.1, 0.15) is 6.10 Å².